The topological polar surface area (TPSA) is 114 Å². The summed E-state index contributed by atoms with van der Waals surface area (Å²) in [6.07, 6.45) is 4.28. The maximum atomic E-state index is 14.7. The van der Waals surface area contributed by atoms with Crippen LogP contribution in [0, 0.1) is 11.7 Å². The van der Waals surface area contributed by atoms with Crippen molar-refractivity contribution in [1.82, 2.24) is 25.4 Å². The Kier molecular flexibility index (Phi) is 11.3. The number of ether oxygens (including phenoxy) is 2. The van der Waals surface area contributed by atoms with Gasteiger partial charge in [-0.25, -0.2) is 9.37 Å². The number of hydrogen-bond acceptors (Lipinski definition) is 10. The van der Waals surface area contributed by atoms with Crippen molar-refractivity contribution in [1.29, 1.82) is 0 Å². The molecule has 0 bridgehead atoms. The molecular formula is C32H41ClFN7O3S. The zero-order chi connectivity index (χ0) is 32.0. The quantitative estimate of drug-likeness (QED) is 0.179. The Morgan fingerprint density at radius 2 is 2.00 bits per heavy atom. The van der Waals surface area contributed by atoms with Crippen molar-refractivity contribution < 1.29 is 18.7 Å². The Labute approximate surface area is 273 Å². The first-order chi connectivity index (χ1) is 21.6. The molecule has 13 heteroatoms. The largest absolute Gasteiger partial charge is 0.353 e. The van der Waals surface area contributed by atoms with Gasteiger partial charge in [-0.3, -0.25) is 9.69 Å². The highest BCUT2D eigenvalue weighted by atomic mass is 35.5. The molecule has 10 nitrogen and oxygen atoms in total. The van der Waals surface area contributed by atoms with Crippen molar-refractivity contribution in [2.45, 2.75) is 63.0 Å². The number of rotatable bonds is 14. The maximum absolute atomic E-state index is 14.7. The third-order valence-corrected chi connectivity index (χ3v) is 9.24. The molecule has 1 aliphatic carbocycles. The Hall–Kier alpha value is -2.87. The molecule has 3 N–H and O–H groups in total. The highest BCUT2D eigenvalue weighted by molar-refractivity contribution is 7.99. The number of anilines is 3. The number of benzene rings is 1. The summed E-state index contributed by atoms with van der Waals surface area (Å²) in [4.78, 5) is 19.9. The van der Waals surface area contributed by atoms with E-state index < -0.39 is 11.6 Å². The lowest BCUT2D eigenvalue weighted by atomic mass is 9.78. The Bertz CT molecular complexity index is 1480. The zero-order valence-electron chi connectivity index (χ0n) is 26.1. The molecule has 0 radical (unpaired) electrons. The van der Waals surface area contributed by atoms with Crippen LogP contribution in [0.15, 0.2) is 47.6 Å². The van der Waals surface area contributed by atoms with Crippen LogP contribution in [0.5, 0.6) is 0 Å². The van der Waals surface area contributed by atoms with Crippen molar-refractivity contribution in [3.8, 4) is 11.3 Å². The molecule has 2 aliphatic rings. The number of nitrogens with zero attached hydrogens (tertiary/aromatic N) is 4. The Balaban J connectivity index is 1.29. The van der Waals surface area contributed by atoms with Crippen LogP contribution in [0.3, 0.4) is 0 Å². The van der Waals surface area contributed by atoms with Crippen LogP contribution < -0.4 is 16.0 Å². The molecule has 0 spiro atoms. The van der Waals surface area contributed by atoms with Crippen LogP contribution in [0.25, 0.3) is 11.3 Å². The van der Waals surface area contributed by atoms with E-state index in [9.17, 15) is 9.18 Å². The average molecular weight is 658 g/mol. The molecule has 1 atom stereocenters. The van der Waals surface area contributed by atoms with Crippen LogP contribution in [-0.4, -0.2) is 83.0 Å². The number of halogens is 2. The number of hydrogen-bond donors (Lipinski definition) is 3. The molecule has 1 amide bonds. The maximum Gasteiger partial charge on any atom is 0.228 e. The second-order valence-corrected chi connectivity index (χ2v) is 13.3. The van der Waals surface area contributed by atoms with E-state index in [1.807, 2.05) is 20.9 Å². The van der Waals surface area contributed by atoms with E-state index in [1.165, 1.54) is 30.0 Å². The summed E-state index contributed by atoms with van der Waals surface area (Å²) in [6.45, 7) is 9.37. The predicted octanol–water partition coefficient (Wildman–Crippen LogP) is 5.97. The summed E-state index contributed by atoms with van der Waals surface area (Å²) < 4.78 is 26.4. The third kappa shape index (κ3) is 8.90. The highest BCUT2D eigenvalue weighted by Gasteiger charge is 2.37. The van der Waals surface area contributed by atoms with Gasteiger partial charge in [-0.15, -0.1) is 10.2 Å². The van der Waals surface area contributed by atoms with E-state index in [-0.39, 0.29) is 23.5 Å². The first-order valence-electron chi connectivity index (χ1n) is 15.3. The molecule has 1 aliphatic heterocycles. The van der Waals surface area contributed by atoms with Crippen LogP contribution in [0.4, 0.5) is 21.6 Å². The second-order valence-electron chi connectivity index (χ2n) is 11.8. The smallest absolute Gasteiger partial charge is 0.228 e. The summed E-state index contributed by atoms with van der Waals surface area (Å²) in [5, 5.41) is 19.3. The summed E-state index contributed by atoms with van der Waals surface area (Å²) in [5.41, 5.74) is 1.87. The lowest BCUT2D eigenvalue weighted by Gasteiger charge is -2.42. The molecule has 2 fully saturated rings. The van der Waals surface area contributed by atoms with Crippen LogP contribution in [0.2, 0.25) is 5.02 Å². The van der Waals surface area contributed by atoms with E-state index in [4.69, 9.17) is 21.1 Å². The number of nitrogens with one attached hydrogen (secondary N) is 3. The van der Waals surface area contributed by atoms with Crippen molar-refractivity contribution in [2.24, 2.45) is 5.92 Å². The fourth-order valence-electron chi connectivity index (χ4n) is 5.50. The molecule has 242 valence electrons. The van der Waals surface area contributed by atoms with Gasteiger partial charge < -0.3 is 25.4 Å². The van der Waals surface area contributed by atoms with E-state index in [1.54, 1.807) is 24.4 Å². The summed E-state index contributed by atoms with van der Waals surface area (Å²) in [5.74, 6) is -0.121. The van der Waals surface area contributed by atoms with Crippen molar-refractivity contribution in [2.75, 3.05) is 49.7 Å². The number of carbonyl (C=O) groups is 1. The van der Waals surface area contributed by atoms with Crippen molar-refractivity contribution in [3.63, 3.8) is 0 Å². The number of amides is 1. The van der Waals surface area contributed by atoms with E-state index in [0.29, 0.717) is 51.3 Å². The normalized spacial score (nSPS) is 20.6. The summed E-state index contributed by atoms with van der Waals surface area (Å²) >= 11 is 7.62. The highest BCUT2D eigenvalue weighted by Crippen LogP contribution is 2.36. The predicted molar refractivity (Wildman–Crippen MR) is 177 cm³/mol. The van der Waals surface area contributed by atoms with Gasteiger partial charge in [-0.05, 0) is 77.0 Å². The standard InChI is InChI=1S/C32H41ClFN7O3S/c1-5-11-41(12-10-35-4)23-13-20(14-23)30(42)38-29-16-22(8-9-36-29)37-28-17-27(25-15-21(33)6-7-26(25)34)39-40-31(28)45-19-24-18-43-32(2,3)44-24/h6-9,15-17,20,23-24,35H,5,10-14,18-19H2,1-4H3,(H2,36,37,38,39,42). The fourth-order valence-corrected chi connectivity index (χ4v) is 6.54. The molecule has 1 aromatic carbocycles. The van der Waals surface area contributed by atoms with E-state index >= 15 is 0 Å². The van der Waals surface area contributed by atoms with Gasteiger partial charge in [-0.2, -0.15) is 0 Å². The van der Waals surface area contributed by atoms with E-state index in [2.05, 4.69) is 43.0 Å². The lowest BCUT2D eigenvalue weighted by molar-refractivity contribution is -0.135. The first-order valence-corrected chi connectivity index (χ1v) is 16.7. The number of carbonyl (C=O) groups excluding carboxylic acids is 1. The molecule has 3 heterocycles. The molecule has 1 saturated carbocycles. The van der Waals surface area contributed by atoms with Gasteiger partial charge in [0.1, 0.15) is 16.7 Å². The van der Waals surface area contributed by atoms with Crippen molar-refractivity contribution in [3.05, 3.63) is 53.4 Å². The molecule has 3 aromatic rings. The van der Waals surface area contributed by atoms with E-state index in [0.717, 1.165) is 38.9 Å². The van der Waals surface area contributed by atoms with Gasteiger partial charge in [-0.1, -0.05) is 30.3 Å². The molecule has 45 heavy (non-hydrogen) atoms. The fraction of sp³-hybridized carbons (Fsp3) is 0.500. The van der Waals surface area contributed by atoms with Gasteiger partial charge >= 0.3 is 0 Å². The van der Waals surface area contributed by atoms with Crippen LogP contribution >= 0.6 is 23.4 Å². The molecular weight excluding hydrogens is 617 g/mol. The summed E-state index contributed by atoms with van der Waals surface area (Å²) in [7, 11) is 1.96. The minimum absolute atomic E-state index is 0.0248. The molecule has 5 rings (SSSR count). The van der Waals surface area contributed by atoms with Gasteiger partial charge in [0.15, 0.2) is 5.79 Å². The minimum Gasteiger partial charge on any atom is -0.353 e. The van der Waals surface area contributed by atoms with Gasteiger partial charge in [0, 0.05) is 59.3 Å². The van der Waals surface area contributed by atoms with Crippen LogP contribution in [0.1, 0.15) is 40.0 Å². The average Bonchev–Trinajstić information content (AvgIpc) is 3.34. The number of aromatic nitrogens is 3. The molecule has 1 unspecified atom stereocenters. The Morgan fingerprint density at radius 1 is 1.18 bits per heavy atom. The third-order valence-electron chi connectivity index (χ3n) is 7.89. The SMILES string of the molecule is CCCN(CCNC)C1CC(C(=O)Nc2cc(Nc3cc(-c4cc(Cl)ccc4F)nnc3SCC3COC(C)(C)O3)ccn2)C1. The van der Waals surface area contributed by atoms with Gasteiger partial charge in [0.05, 0.1) is 24.1 Å². The number of likely N-dealkylation sites (N-methyl/N-ethyl adjacent to an activating group) is 1. The zero-order valence-corrected chi connectivity index (χ0v) is 27.7. The van der Waals surface area contributed by atoms with Gasteiger partial charge in [0.25, 0.3) is 0 Å². The van der Waals surface area contributed by atoms with Crippen molar-refractivity contribution >= 4 is 46.5 Å². The monoisotopic (exact) mass is 657 g/mol. The molecule has 1 saturated heterocycles. The second kappa shape index (κ2) is 15.1. The Morgan fingerprint density at radius 3 is 2.73 bits per heavy atom. The first kappa shape index (κ1) is 33.5. The number of pyridine rings is 1. The lowest BCUT2D eigenvalue weighted by Crippen LogP contribution is -2.50. The number of thioether (sulfide) groups is 1. The summed E-state index contributed by atoms with van der Waals surface area (Å²) in [6, 6.07) is 10.1. The minimum atomic E-state index is -0.633. The van der Waals surface area contributed by atoms with Crippen LogP contribution in [-0.2, 0) is 14.3 Å². The molecule has 2 aromatic heterocycles. The van der Waals surface area contributed by atoms with Gasteiger partial charge in [0.2, 0.25) is 5.91 Å².